The van der Waals surface area contributed by atoms with Crippen LogP contribution in [0.2, 0.25) is 0 Å². The third-order valence-electron chi connectivity index (χ3n) is 3.25. The summed E-state index contributed by atoms with van der Waals surface area (Å²) in [6, 6.07) is 1.15. The molecule has 1 fully saturated rings. The molecule has 23 heteroatoms. The smallest absolute Gasteiger partial charge is 0.385 e. The van der Waals surface area contributed by atoms with Crippen LogP contribution < -0.4 is 5.69 Å². The van der Waals surface area contributed by atoms with E-state index in [-0.39, 0.29) is 4.64 Å². The van der Waals surface area contributed by atoms with Crippen LogP contribution in [0, 0.1) is 4.64 Å². The van der Waals surface area contributed by atoms with Gasteiger partial charge in [-0.1, -0.05) is 12.2 Å². The number of phosphoric ester groups is 1. The predicted molar refractivity (Wildman–Crippen MR) is 94.8 cm³/mol. The molecule has 174 valence electrons. The molecule has 0 aliphatic carbocycles. The minimum absolute atomic E-state index is 0.0381. The van der Waals surface area contributed by atoms with Gasteiger partial charge < -0.3 is 34.5 Å². The number of phosphoric acid groups is 3. The fourth-order valence-corrected chi connectivity index (χ4v) is 5.54. The highest BCUT2D eigenvalue weighted by Crippen LogP contribution is 2.67. The van der Waals surface area contributed by atoms with Gasteiger partial charge in [0.2, 0.25) is 0 Å². The zero-order chi connectivity index (χ0) is 23.8. The van der Waals surface area contributed by atoms with Gasteiger partial charge in [0.15, 0.2) is 6.23 Å². The van der Waals surface area contributed by atoms with Gasteiger partial charge in [0.1, 0.15) is 16.8 Å². The van der Waals surface area contributed by atoms with Gasteiger partial charge in [-0.25, -0.2) is 23.0 Å². The van der Waals surface area contributed by atoms with Crippen LogP contribution >= 0.6 is 35.7 Å². The lowest BCUT2D eigenvalue weighted by Crippen LogP contribution is -2.43. The summed E-state index contributed by atoms with van der Waals surface area (Å²) in [5, 5.41) is 23.1. The highest BCUT2D eigenvalue weighted by Gasteiger charge is 2.60. The largest absolute Gasteiger partial charge is 0.490 e. The molecule has 0 radical (unpaired) electrons. The molecule has 1 aliphatic heterocycles. The first-order valence-corrected chi connectivity index (χ1v) is 12.2. The van der Waals surface area contributed by atoms with Crippen molar-refractivity contribution in [2.24, 2.45) is 5.11 Å². The number of hydrogen-bond donors (Lipinski definition) is 7. The Balaban J connectivity index is 2.41. The first-order chi connectivity index (χ1) is 14.0. The number of aliphatic hydroxyl groups is 2. The Morgan fingerprint density at radius 1 is 1.23 bits per heavy atom. The third kappa shape index (κ3) is 6.36. The number of hydrogen-bond acceptors (Lipinski definition) is 12. The Hall–Kier alpha value is -1.30. The Labute approximate surface area is 174 Å². The Morgan fingerprint density at radius 3 is 2.35 bits per heavy atom. The first kappa shape index (κ1) is 26.0. The molecule has 1 aromatic rings. The quantitative estimate of drug-likeness (QED) is 0.0734. The van der Waals surface area contributed by atoms with Crippen molar-refractivity contribution < 1.29 is 61.4 Å². The zero-order valence-corrected chi connectivity index (χ0v) is 17.9. The summed E-state index contributed by atoms with van der Waals surface area (Å²) in [5.74, 6) is -3.34. The molecule has 0 spiro atoms. The second-order valence-corrected chi connectivity index (χ2v) is 10.2. The first-order valence-electron chi connectivity index (χ1n) is 7.27. The van der Waals surface area contributed by atoms with Gasteiger partial charge in [0.05, 0.1) is 0 Å². The lowest BCUT2D eigenvalue weighted by atomic mass is 10.2. The number of nitrogens with one attached hydrogen (secondary N) is 1. The van der Waals surface area contributed by atoms with Crippen molar-refractivity contribution >= 4 is 35.7 Å². The molecule has 31 heavy (non-hydrogen) atoms. The van der Waals surface area contributed by atoms with E-state index < -0.39 is 53.5 Å². The zero-order valence-electron chi connectivity index (χ0n) is 14.4. The highest BCUT2D eigenvalue weighted by molar-refractivity contribution is 7.71. The van der Waals surface area contributed by atoms with Crippen molar-refractivity contribution in [2.75, 3.05) is 0 Å². The molecule has 0 amide bonds. The molecule has 0 aromatic carbocycles. The second kappa shape index (κ2) is 8.92. The molecule has 7 N–H and O–H groups in total. The molecule has 0 bridgehead atoms. The standard InChI is InChI=1S/C8H12N5O14P3S/c9-12-11-8(25-29(20,21)27-30(22,23)26-28(17,18)19)5(15)4(14)6(24-8)13-2-1-3(31)10-7(13)16/h1-2,4-6,14-15H,(H,20,21)(H,22,23)(H,10,16,31)(H2,17,18,19)/t4?,5-,6-,8+/m1/s1. The number of aromatic nitrogens is 2. The van der Waals surface area contributed by atoms with Gasteiger partial charge in [-0.3, -0.25) is 9.55 Å². The molecule has 19 nitrogen and oxygen atoms in total. The maximum Gasteiger partial charge on any atom is 0.490 e. The van der Waals surface area contributed by atoms with Crippen molar-refractivity contribution in [2.45, 2.75) is 24.3 Å². The van der Waals surface area contributed by atoms with E-state index in [1.54, 1.807) is 0 Å². The summed E-state index contributed by atoms with van der Waals surface area (Å²) in [5.41, 5.74) is 7.70. The third-order valence-corrected chi connectivity index (χ3v) is 7.31. The van der Waals surface area contributed by atoms with Gasteiger partial charge in [-0.05, 0) is 16.7 Å². The molecule has 2 rings (SSSR count). The number of aromatic amines is 1. The topological polar surface area (TPSA) is 296 Å². The molecule has 0 saturated carbocycles. The van der Waals surface area contributed by atoms with Gasteiger partial charge in [0.25, 0.3) is 5.91 Å². The van der Waals surface area contributed by atoms with Crippen molar-refractivity contribution in [3.05, 3.63) is 37.8 Å². The Kier molecular flexibility index (Phi) is 7.46. The monoisotopic (exact) mass is 527 g/mol. The van der Waals surface area contributed by atoms with Gasteiger partial charge in [-0.15, -0.1) is 0 Å². The number of azide groups is 1. The molecule has 1 aliphatic rings. The predicted octanol–water partition coefficient (Wildman–Crippen LogP) is -0.536. The van der Waals surface area contributed by atoms with E-state index in [2.05, 4.69) is 28.2 Å². The van der Waals surface area contributed by atoms with Crippen LogP contribution in [-0.2, 0) is 31.6 Å². The SMILES string of the molecule is [N-]=[N+]=N[C@]1(OP(=O)(O)OP(=O)(O)OP(=O)(O)O)O[C@@H](n2ccc(=S)[nH]c2=O)C(O)[C@H]1O. The number of aliphatic hydroxyl groups excluding tert-OH is 2. The molecule has 3 unspecified atom stereocenters. The van der Waals surface area contributed by atoms with Crippen LogP contribution in [0.25, 0.3) is 10.4 Å². The summed E-state index contributed by atoms with van der Waals surface area (Å²) >= 11 is 4.72. The number of nitrogens with zero attached hydrogens (tertiary/aromatic N) is 4. The fraction of sp³-hybridized carbons (Fsp3) is 0.500. The van der Waals surface area contributed by atoms with Crippen LogP contribution in [0.3, 0.4) is 0 Å². The van der Waals surface area contributed by atoms with E-state index in [4.69, 9.17) is 32.3 Å². The van der Waals surface area contributed by atoms with E-state index in [1.807, 2.05) is 0 Å². The maximum absolute atomic E-state index is 12.1. The number of ether oxygens (including phenoxy) is 1. The molecule has 6 atom stereocenters. The lowest BCUT2D eigenvalue weighted by molar-refractivity contribution is -0.222. The summed E-state index contributed by atoms with van der Waals surface area (Å²) in [6.45, 7) is 0. The second-order valence-electron chi connectivity index (χ2n) is 5.46. The molecular formula is C8H12N5O14P3S. The summed E-state index contributed by atoms with van der Waals surface area (Å²) in [7, 11) is -17.7. The minimum Gasteiger partial charge on any atom is -0.385 e. The lowest BCUT2D eigenvalue weighted by Gasteiger charge is -2.28. The van der Waals surface area contributed by atoms with Crippen molar-refractivity contribution in [3.63, 3.8) is 0 Å². The normalized spacial score (nSPS) is 30.2. The van der Waals surface area contributed by atoms with Crippen molar-refractivity contribution in [1.29, 1.82) is 0 Å². The van der Waals surface area contributed by atoms with Crippen molar-refractivity contribution in [3.8, 4) is 0 Å². The average Bonchev–Trinajstić information content (AvgIpc) is 2.76. The molecular weight excluding hydrogens is 515 g/mol. The molecule has 2 heterocycles. The van der Waals surface area contributed by atoms with Crippen LogP contribution in [0.15, 0.2) is 22.2 Å². The van der Waals surface area contributed by atoms with E-state index in [0.717, 1.165) is 12.3 Å². The van der Waals surface area contributed by atoms with E-state index >= 15 is 0 Å². The van der Waals surface area contributed by atoms with Gasteiger partial charge >= 0.3 is 29.2 Å². The van der Waals surface area contributed by atoms with E-state index in [0.29, 0.717) is 4.57 Å². The van der Waals surface area contributed by atoms with Crippen LogP contribution in [0.5, 0.6) is 0 Å². The summed E-state index contributed by atoms with van der Waals surface area (Å²) < 4.78 is 50.9. The van der Waals surface area contributed by atoms with Gasteiger partial charge in [0, 0.05) is 11.1 Å². The van der Waals surface area contributed by atoms with Gasteiger partial charge in [-0.2, -0.15) is 8.62 Å². The van der Waals surface area contributed by atoms with E-state index in [1.165, 1.54) is 0 Å². The Bertz CT molecular complexity index is 1160. The van der Waals surface area contributed by atoms with Crippen LogP contribution in [-0.4, -0.2) is 57.5 Å². The average molecular weight is 527 g/mol. The maximum atomic E-state index is 12.1. The molecule has 1 aromatic heterocycles. The summed E-state index contributed by atoms with van der Waals surface area (Å²) in [4.78, 5) is 52.2. The Morgan fingerprint density at radius 2 is 1.84 bits per heavy atom. The fourth-order valence-electron chi connectivity index (χ4n) is 2.23. The number of rotatable bonds is 8. The highest BCUT2D eigenvalue weighted by atomic mass is 32.1. The van der Waals surface area contributed by atoms with Crippen LogP contribution in [0.1, 0.15) is 6.23 Å². The van der Waals surface area contributed by atoms with Crippen LogP contribution in [0.4, 0.5) is 0 Å². The van der Waals surface area contributed by atoms with Crippen molar-refractivity contribution in [1.82, 2.24) is 9.55 Å². The molecule has 1 saturated heterocycles. The minimum atomic E-state index is -6.00. The number of H-pyrrole nitrogens is 1. The van der Waals surface area contributed by atoms with E-state index in [9.17, 15) is 38.5 Å². The summed E-state index contributed by atoms with van der Waals surface area (Å²) in [6.07, 6.45) is -5.63.